The summed E-state index contributed by atoms with van der Waals surface area (Å²) < 4.78 is 0. The van der Waals surface area contributed by atoms with Gasteiger partial charge < -0.3 is 5.73 Å². The molecule has 1 atom stereocenters. The molecule has 4 rings (SSSR count). The fourth-order valence-corrected chi connectivity index (χ4v) is 4.62. The van der Waals surface area contributed by atoms with Crippen LogP contribution in [0.1, 0.15) is 43.7 Å². The maximum Gasteiger partial charge on any atom is 0.269 e. The van der Waals surface area contributed by atoms with Crippen LogP contribution in [0.3, 0.4) is 0 Å². The Morgan fingerprint density at radius 3 is 2.31 bits per heavy atom. The van der Waals surface area contributed by atoms with E-state index in [1.54, 1.807) is 17.0 Å². The highest BCUT2D eigenvalue weighted by Gasteiger charge is 2.44. The highest BCUT2D eigenvalue weighted by molar-refractivity contribution is 6.01. The lowest BCUT2D eigenvalue weighted by atomic mass is 9.68. The largest absolute Gasteiger partial charge is 0.384 e. The molecule has 2 aromatic rings. The minimum absolute atomic E-state index is 0.00557. The van der Waals surface area contributed by atoms with Crippen molar-refractivity contribution in [3.05, 3.63) is 92.4 Å². The average Bonchev–Trinajstić information content (AvgIpc) is 2.73. The fourth-order valence-electron chi connectivity index (χ4n) is 4.62. The molecule has 7 heteroatoms. The van der Waals surface area contributed by atoms with Gasteiger partial charge in [0.05, 0.1) is 22.5 Å². The van der Waals surface area contributed by atoms with Crippen LogP contribution in [-0.2, 0) is 4.79 Å². The summed E-state index contributed by atoms with van der Waals surface area (Å²) in [4.78, 5) is 25.8. The number of anilines is 1. The Hall–Kier alpha value is -3.92. The quantitative estimate of drug-likeness (QED) is 0.552. The maximum absolute atomic E-state index is 13.4. The average molecular weight is 428 g/mol. The van der Waals surface area contributed by atoms with Crippen molar-refractivity contribution in [1.82, 2.24) is 0 Å². The summed E-state index contributed by atoms with van der Waals surface area (Å²) in [6, 6.07) is 16.0. The van der Waals surface area contributed by atoms with Gasteiger partial charge in [0, 0.05) is 35.5 Å². The van der Waals surface area contributed by atoms with Crippen molar-refractivity contribution in [3.8, 4) is 6.07 Å². The number of hydrogen-bond donors (Lipinski definition) is 1. The predicted molar refractivity (Wildman–Crippen MR) is 121 cm³/mol. The summed E-state index contributed by atoms with van der Waals surface area (Å²) >= 11 is 0. The van der Waals surface area contributed by atoms with Gasteiger partial charge in [-0.2, -0.15) is 5.26 Å². The number of ketones is 1. The third-order valence-corrected chi connectivity index (χ3v) is 6.11. The summed E-state index contributed by atoms with van der Waals surface area (Å²) in [5.74, 6) is -0.293. The summed E-state index contributed by atoms with van der Waals surface area (Å²) in [7, 11) is 0. The Kier molecular flexibility index (Phi) is 5.09. The third-order valence-electron chi connectivity index (χ3n) is 6.11. The number of nitriles is 1. The molecule has 0 radical (unpaired) electrons. The molecule has 2 N–H and O–H groups in total. The van der Waals surface area contributed by atoms with E-state index in [-0.39, 0.29) is 22.7 Å². The van der Waals surface area contributed by atoms with Gasteiger partial charge in [-0.1, -0.05) is 43.7 Å². The number of allylic oxidation sites excluding steroid dienone is 3. The molecule has 0 spiro atoms. The molecular formula is C25H24N4O3. The van der Waals surface area contributed by atoms with Gasteiger partial charge in [-0.05, 0) is 36.5 Å². The first-order valence-electron chi connectivity index (χ1n) is 10.4. The second-order valence-electron chi connectivity index (χ2n) is 9.16. The van der Waals surface area contributed by atoms with Crippen molar-refractivity contribution in [2.24, 2.45) is 11.1 Å². The second kappa shape index (κ2) is 7.65. The molecule has 1 aliphatic heterocycles. The van der Waals surface area contributed by atoms with Crippen molar-refractivity contribution in [1.29, 1.82) is 5.26 Å². The normalized spacial score (nSPS) is 20.1. The minimum Gasteiger partial charge on any atom is -0.384 e. The highest BCUT2D eigenvalue weighted by atomic mass is 16.6. The number of carbonyl (C=O) groups is 1. The van der Waals surface area contributed by atoms with Crippen LogP contribution in [0.2, 0.25) is 0 Å². The molecule has 0 aromatic heterocycles. The van der Waals surface area contributed by atoms with Gasteiger partial charge in [0.2, 0.25) is 0 Å². The molecule has 32 heavy (non-hydrogen) atoms. The topological polar surface area (TPSA) is 113 Å². The van der Waals surface area contributed by atoms with Gasteiger partial charge in [-0.15, -0.1) is 0 Å². The lowest BCUT2D eigenvalue weighted by Crippen LogP contribution is -2.42. The molecule has 1 unspecified atom stereocenters. The summed E-state index contributed by atoms with van der Waals surface area (Å²) in [6.07, 6.45) is 0.966. The monoisotopic (exact) mass is 428 g/mol. The van der Waals surface area contributed by atoms with Gasteiger partial charge in [0.15, 0.2) is 5.78 Å². The molecule has 2 aromatic carbocycles. The van der Waals surface area contributed by atoms with Crippen LogP contribution >= 0.6 is 0 Å². The molecule has 162 valence electrons. The molecule has 2 aliphatic rings. The molecule has 0 bridgehead atoms. The molecule has 1 heterocycles. The number of hydrogen-bond acceptors (Lipinski definition) is 6. The predicted octanol–water partition coefficient (Wildman–Crippen LogP) is 4.84. The Labute approximate surface area is 186 Å². The number of nitro groups is 1. The molecular weight excluding hydrogens is 404 g/mol. The third kappa shape index (κ3) is 3.54. The standard InChI is InChI=1S/C25H24N4O3/c1-15-4-6-16(7-5-15)22-19(14-26)24(27)28(17-8-10-18(11-9-17)29(31)32)20-12-25(2,3)13-21(30)23(20)22/h4-11,22H,12-13,27H2,1-3H3. The van der Waals surface area contributed by atoms with Crippen LogP contribution in [0, 0.1) is 33.8 Å². The van der Waals surface area contributed by atoms with E-state index in [0.29, 0.717) is 29.7 Å². The number of benzene rings is 2. The van der Waals surface area contributed by atoms with E-state index in [4.69, 9.17) is 5.73 Å². The van der Waals surface area contributed by atoms with Gasteiger partial charge in [-0.3, -0.25) is 19.8 Å². The van der Waals surface area contributed by atoms with Crippen LogP contribution in [0.15, 0.2) is 71.2 Å². The highest BCUT2D eigenvalue weighted by Crippen LogP contribution is 2.50. The molecule has 0 amide bonds. The van der Waals surface area contributed by atoms with E-state index in [0.717, 1.165) is 16.8 Å². The number of nitrogens with zero attached hydrogens (tertiary/aromatic N) is 3. The van der Waals surface area contributed by atoms with Gasteiger partial charge in [-0.25, -0.2) is 0 Å². The fraction of sp³-hybridized carbons (Fsp3) is 0.280. The van der Waals surface area contributed by atoms with Crippen molar-refractivity contribution >= 4 is 17.2 Å². The molecule has 0 saturated heterocycles. The first-order valence-corrected chi connectivity index (χ1v) is 10.4. The van der Waals surface area contributed by atoms with E-state index < -0.39 is 10.8 Å². The first-order chi connectivity index (χ1) is 15.1. The number of nitrogens with two attached hydrogens (primary N) is 1. The number of aryl methyl sites for hydroxylation is 1. The van der Waals surface area contributed by atoms with Crippen LogP contribution in [0.5, 0.6) is 0 Å². The van der Waals surface area contributed by atoms with E-state index >= 15 is 0 Å². The van der Waals surface area contributed by atoms with E-state index in [1.807, 2.05) is 45.0 Å². The molecule has 1 aliphatic carbocycles. The van der Waals surface area contributed by atoms with Gasteiger partial charge >= 0.3 is 0 Å². The Morgan fingerprint density at radius 1 is 1.12 bits per heavy atom. The zero-order valence-electron chi connectivity index (χ0n) is 18.3. The summed E-state index contributed by atoms with van der Waals surface area (Å²) in [5.41, 5.74) is 10.4. The van der Waals surface area contributed by atoms with Crippen molar-refractivity contribution in [2.75, 3.05) is 4.90 Å². The summed E-state index contributed by atoms with van der Waals surface area (Å²) in [5, 5.41) is 21.2. The zero-order chi connectivity index (χ0) is 23.2. The summed E-state index contributed by atoms with van der Waals surface area (Å²) in [6.45, 7) is 6.04. The van der Waals surface area contributed by atoms with Crippen molar-refractivity contribution in [2.45, 2.75) is 39.5 Å². The number of non-ortho nitro benzene ring substituents is 1. The van der Waals surface area contributed by atoms with Crippen LogP contribution in [0.4, 0.5) is 11.4 Å². The molecule has 7 nitrogen and oxygen atoms in total. The second-order valence-corrected chi connectivity index (χ2v) is 9.16. The maximum atomic E-state index is 13.4. The number of carbonyl (C=O) groups excluding carboxylic acids is 1. The van der Waals surface area contributed by atoms with E-state index in [2.05, 4.69) is 6.07 Å². The van der Waals surface area contributed by atoms with Gasteiger partial charge in [0.25, 0.3) is 5.69 Å². The first kappa shape index (κ1) is 21.3. The Balaban J connectivity index is 1.96. The number of Topliss-reactive ketones (excluding diaryl/α,β-unsaturated/α-hetero) is 1. The Morgan fingerprint density at radius 2 is 1.75 bits per heavy atom. The smallest absolute Gasteiger partial charge is 0.269 e. The van der Waals surface area contributed by atoms with Crippen LogP contribution in [-0.4, -0.2) is 10.7 Å². The van der Waals surface area contributed by atoms with E-state index in [9.17, 15) is 20.2 Å². The lowest BCUT2D eigenvalue weighted by Gasteiger charge is -2.43. The molecule has 0 fully saturated rings. The van der Waals surface area contributed by atoms with E-state index in [1.165, 1.54) is 12.1 Å². The van der Waals surface area contributed by atoms with Crippen molar-refractivity contribution in [3.63, 3.8) is 0 Å². The number of nitro benzene ring substituents is 1. The van der Waals surface area contributed by atoms with Crippen LogP contribution in [0.25, 0.3) is 0 Å². The van der Waals surface area contributed by atoms with Crippen molar-refractivity contribution < 1.29 is 9.72 Å². The Bertz CT molecular complexity index is 1220. The van der Waals surface area contributed by atoms with Gasteiger partial charge in [0.1, 0.15) is 5.82 Å². The zero-order valence-corrected chi connectivity index (χ0v) is 18.3. The number of rotatable bonds is 3. The molecule has 0 saturated carbocycles. The minimum atomic E-state index is -0.534. The van der Waals surface area contributed by atoms with Crippen LogP contribution < -0.4 is 10.6 Å². The lowest BCUT2D eigenvalue weighted by molar-refractivity contribution is -0.384. The SMILES string of the molecule is Cc1ccc(C2C(C#N)=C(N)N(c3ccc([N+](=O)[O-])cc3)C3=C2C(=O)CC(C)(C)C3)cc1.